The molecule has 3 fully saturated rings. The van der Waals surface area contributed by atoms with Crippen LogP contribution < -0.4 is 0 Å². The highest BCUT2D eigenvalue weighted by atomic mass is 14.6. The van der Waals surface area contributed by atoms with Crippen LogP contribution in [-0.2, 0) is 0 Å². The first-order chi connectivity index (χ1) is 5.93. The molecule has 0 N–H and O–H groups in total. The molecule has 3 saturated carbocycles. The van der Waals surface area contributed by atoms with Crippen molar-refractivity contribution in [3.05, 3.63) is 11.1 Å². The van der Waals surface area contributed by atoms with E-state index in [0.717, 1.165) is 23.7 Å². The Morgan fingerprint density at radius 1 is 1.00 bits per heavy atom. The number of hydrogen-bond acceptors (Lipinski definition) is 0. The van der Waals surface area contributed by atoms with Gasteiger partial charge in [-0.1, -0.05) is 11.1 Å². The van der Waals surface area contributed by atoms with Gasteiger partial charge in [-0.05, 0) is 62.2 Å². The molecular weight excluding hydrogens is 144 g/mol. The van der Waals surface area contributed by atoms with E-state index in [-0.39, 0.29) is 0 Å². The summed E-state index contributed by atoms with van der Waals surface area (Å²) >= 11 is 0. The predicted octanol–water partition coefficient (Wildman–Crippen LogP) is 3.14. The third kappa shape index (κ3) is 0.522. The summed E-state index contributed by atoms with van der Waals surface area (Å²) in [6, 6.07) is 0. The van der Waals surface area contributed by atoms with E-state index in [4.69, 9.17) is 0 Å². The maximum absolute atomic E-state index is 2.00. The molecule has 0 radical (unpaired) electrons. The Balaban J connectivity index is 1.90. The lowest BCUT2D eigenvalue weighted by Gasteiger charge is -2.28. The molecule has 0 aromatic heterocycles. The largest absolute Gasteiger partial charge is 0.0701 e. The smallest absolute Gasteiger partial charge is 0.0138 e. The monoisotopic (exact) mass is 160 g/mol. The summed E-state index contributed by atoms with van der Waals surface area (Å²) in [6.45, 7) is 0. The summed E-state index contributed by atoms with van der Waals surface area (Å²) < 4.78 is 0. The van der Waals surface area contributed by atoms with E-state index in [9.17, 15) is 0 Å². The molecule has 0 heteroatoms. The highest BCUT2D eigenvalue weighted by Gasteiger charge is 2.52. The highest BCUT2D eigenvalue weighted by Crippen LogP contribution is 2.64. The summed E-state index contributed by atoms with van der Waals surface area (Å²) in [5.41, 5.74) is 3.93. The third-order valence-corrected chi connectivity index (χ3v) is 5.02. The van der Waals surface area contributed by atoms with Gasteiger partial charge in [-0.3, -0.25) is 0 Å². The van der Waals surface area contributed by atoms with Crippen molar-refractivity contribution >= 4 is 0 Å². The van der Waals surface area contributed by atoms with Gasteiger partial charge in [-0.15, -0.1) is 0 Å². The Labute approximate surface area is 74.0 Å². The summed E-state index contributed by atoms with van der Waals surface area (Å²) in [7, 11) is 0. The molecule has 0 spiro atoms. The minimum atomic E-state index is 1.08. The Morgan fingerprint density at radius 3 is 2.92 bits per heavy atom. The Morgan fingerprint density at radius 2 is 2.00 bits per heavy atom. The van der Waals surface area contributed by atoms with Crippen molar-refractivity contribution in [1.82, 2.24) is 0 Å². The van der Waals surface area contributed by atoms with Gasteiger partial charge in [0.05, 0.1) is 0 Å². The fourth-order valence-corrected chi connectivity index (χ4v) is 4.76. The molecule has 4 rings (SSSR count). The van der Waals surface area contributed by atoms with E-state index in [1.165, 1.54) is 12.8 Å². The molecule has 0 saturated heterocycles. The van der Waals surface area contributed by atoms with Crippen molar-refractivity contribution < 1.29 is 0 Å². The maximum atomic E-state index is 2.00. The molecule has 0 aromatic carbocycles. The Bertz CT molecular complexity index is 274. The zero-order chi connectivity index (χ0) is 7.71. The second-order valence-electron chi connectivity index (χ2n) is 5.36. The van der Waals surface area contributed by atoms with Crippen LogP contribution in [0.15, 0.2) is 11.1 Å². The van der Waals surface area contributed by atoms with Crippen LogP contribution in [0.3, 0.4) is 0 Å². The minimum absolute atomic E-state index is 1.08. The third-order valence-electron chi connectivity index (χ3n) is 5.02. The van der Waals surface area contributed by atoms with Crippen molar-refractivity contribution in [1.29, 1.82) is 0 Å². The molecule has 0 nitrogen and oxygen atoms in total. The molecule has 12 heavy (non-hydrogen) atoms. The molecule has 4 bridgehead atoms. The lowest BCUT2D eigenvalue weighted by molar-refractivity contribution is 0.298. The van der Waals surface area contributed by atoms with Crippen LogP contribution in [-0.4, -0.2) is 0 Å². The van der Waals surface area contributed by atoms with Gasteiger partial charge < -0.3 is 0 Å². The zero-order valence-electron chi connectivity index (χ0n) is 7.55. The maximum Gasteiger partial charge on any atom is -0.0138 e. The fourth-order valence-electron chi connectivity index (χ4n) is 4.76. The van der Waals surface area contributed by atoms with Crippen LogP contribution in [0, 0.1) is 23.7 Å². The lowest BCUT2D eigenvalue weighted by atomic mass is 9.77. The average molecular weight is 160 g/mol. The zero-order valence-corrected chi connectivity index (χ0v) is 7.55. The van der Waals surface area contributed by atoms with E-state index in [0.29, 0.717) is 0 Å². The number of fused-ring (bicyclic) bond motifs is 8. The van der Waals surface area contributed by atoms with E-state index in [1.54, 1.807) is 25.7 Å². The molecule has 4 unspecified atom stereocenters. The second-order valence-corrected chi connectivity index (χ2v) is 5.36. The van der Waals surface area contributed by atoms with Crippen LogP contribution in [0.4, 0.5) is 0 Å². The number of rotatable bonds is 0. The van der Waals surface area contributed by atoms with Gasteiger partial charge in [0.25, 0.3) is 0 Å². The average Bonchev–Trinajstić information content (AvgIpc) is 2.83. The van der Waals surface area contributed by atoms with Crippen LogP contribution >= 0.6 is 0 Å². The van der Waals surface area contributed by atoms with Gasteiger partial charge in [0, 0.05) is 0 Å². The second kappa shape index (κ2) is 1.81. The summed E-state index contributed by atoms with van der Waals surface area (Å²) in [4.78, 5) is 0. The quantitative estimate of drug-likeness (QED) is 0.477. The number of allylic oxidation sites excluding steroid dienone is 2. The van der Waals surface area contributed by atoms with Crippen molar-refractivity contribution in [3.63, 3.8) is 0 Å². The molecular formula is C12H16. The molecule has 0 aromatic rings. The Hall–Kier alpha value is -0.260. The first-order valence-electron chi connectivity index (χ1n) is 5.65. The highest BCUT2D eigenvalue weighted by molar-refractivity contribution is 5.36. The van der Waals surface area contributed by atoms with Gasteiger partial charge in [0.1, 0.15) is 0 Å². The molecule has 0 amide bonds. The molecule has 4 aliphatic rings. The van der Waals surface area contributed by atoms with E-state index in [1.807, 2.05) is 11.1 Å². The Kier molecular flexibility index (Phi) is 0.939. The normalized spacial score (nSPS) is 54.0. The van der Waals surface area contributed by atoms with E-state index < -0.39 is 0 Å². The van der Waals surface area contributed by atoms with Crippen molar-refractivity contribution in [2.75, 3.05) is 0 Å². The van der Waals surface area contributed by atoms with Crippen LogP contribution in [0.5, 0.6) is 0 Å². The summed E-state index contributed by atoms with van der Waals surface area (Å²) in [6.07, 6.45) is 9.26. The first-order valence-corrected chi connectivity index (χ1v) is 5.65. The standard InChI is InChI=1S/C12H16/c1-2-8-5-7(1)11-9-3-4-10(6-9)12(8)11/h7-9,11H,1-6H2. The van der Waals surface area contributed by atoms with Crippen LogP contribution in [0.2, 0.25) is 0 Å². The van der Waals surface area contributed by atoms with E-state index in [2.05, 4.69) is 0 Å². The van der Waals surface area contributed by atoms with Gasteiger partial charge in [-0.2, -0.15) is 0 Å². The predicted molar refractivity (Wildman–Crippen MR) is 48.7 cm³/mol. The van der Waals surface area contributed by atoms with E-state index >= 15 is 0 Å². The molecule has 0 aliphatic heterocycles. The van der Waals surface area contributed by atoms with Crippen LogP contribution in [0.25, 0.3) is 0 Å². The van der Waals surface area contributed by atoms with Gasteiger partial charge in [-0.25, -0.2) is 0 Å². The molecule has 4 atom stereocenters. The summed E-state index contributed by atoms with van der Waals surface area (Å²) in [5.74, 6) is 4.48. The fraction of sp³-hybridized carbons (Fsp3) is 0.833. The topological polar surface area (TPSA) is 0 Å². The SMILES string of the molecule is C1CC2CC1=C1C3CCC(C3)C12. The van der Waals surface area contributed by atoms with Crippen molar-refractivity contribution in [2.24, 2.45) is 23.7 Å². The van der Waals surface area contributed by atoms with Crippen LogP contribution in [0.1, 0.15) is 38.5 Å². The number of hydrogen-bond donors (Lipinski definition) is 0. The van der Waals surface area contributed by atoms with Gasteiger partial charge >= 0.3 is 0 Å². The molecule has 64 valence electrons. The molecule has 4 aliphatic carbocycles. The molecule has 0 heterocycles. The minimum Gasteiger partial charge on any atom is -0.0701 e. The van der Waals surface area contributed by atoms with Crippen molar-refractivity contribution in [2.45, 2.75) is 38.5 Å². The summed E-state index contributed by atoms with van der Waals surface area (Å²) in [5, 5.41) is 0. The lowest BCUT2D eigenvalue weighted by Crippen LogP contribution is -2.19. The van der Waals surface area contributed by atoms with Gasteiger partial charge in [0.15, 0.2) is 0 Å². The van der Waals surface area contributed by atoms with Gasteiger partial charge in [0.2, 0.25) is 0 Å². The first kappa shape index (κ1) is 6.23. The van der Waals surface area contributed by atoms with Crippen molar-refractivity contribution in [3.8, 4) is 0 Å².